The molecular weight excluding hydrogens is 367 g/mol. The SMILES string of the molecule is O=C(Nc1cccc(/C=C/c2ccc(OC(F)(F)F)cc2)c1)c1ccccc1. The number of hydrogen-bond acceptors (Lipinski definition) is 2. The summed E-state index contributed by atoms with van der Waals surface area (Å²) in [5.74, 6) is -0.475. The lowest BCUT2D eigenvalue weighted by Gasteiger charge is -2.08. The molecule has 3 rings (SSSR count). The van der Waals surface area contributed by atoms with E-state index in [2.05, 4.69) is 10.1 Å². The monoisotopic (exact) mass is 383 g/mol. The molecule has 0 unspecified atom stereocenters. The molecule has 0 aromatic heterocycles. The fraction of sp³-hybridized carbons (Fsp3) is 0.0455. The van der Waals surface area contributed by atoms with Gasteiger partial charge in [0.05, 0.1) is 0 Å². The number of halogens is 3. The number of nitrogens with one attached hydrogen (secondary N) is 1. The van der Waals surface area contributed by atoms with Gasteiger partial charge in [-0.2, -0.15) is 0 Å². The zero-order valence-electron chi connectivity index (χ0n) is 14.6. The topological polar surface area (TPSA) is 38.3 Å². The molecule has 0 fully saturated rings. The summed E-state index contributed by atoms with van der Waals surface area (Å²) in [5.41, 5.74) is 2.75. The Bertz CT molecular complexity index is 965. The van der Waals surface area contributed by atoms with Gasteiger partial charge in [0, 0.05) is 11.3 Å². The molecule has 0 aliphatic heterocycles. The largest absolute Gasteiger partial charge is 0.573 e. The number of ether oxygens (including phenoxy) is 1. The van der Waals surface area contributed by atoms with Crippen molar-refractivity contribution in [2.24, 2.45) is 0 Å². The summed E-state index contributed by atoms with van der Waals surface area (Å²) in [6, 6.07) is 21.7. The van der Waals surface area contributed by atoms with Gasteiger partial charge in [0.25, 0.3) is 5.91 Å². The van der Waals surface area contributed by atoms with Crippen molar-refractivity contribution in [3.8, 4) is 5.75 Å². The van der Waals surface area contributed by atoms with Gasteiger partial charge in [0.15, 0.2) is 0 Å². The minimum atomic E-state index is -4.71. The summed E-state index contributed by atoms with van der Waals surface area (Å²) < 4.78 is 40.4. The first-order valence-electron chi connectivity index (χ1n) is 8.39. The molecule has 28 heavy (non-hydrogen) atoms. The molecule has 3 aromatic rings. The average Bonchev–Trinajstić information content (AvgIpc) is 2.67. The molecule has 3 aromatic carbocycles. The third-order valence-corrected chi connectivity index (χ3v) is 3.76. The van der Waals surface area contributed by atoms with Gasteiger partial charge < -0.3 is 10.1 Å². The Balaban J connectivity index is 1.66. The second-order valence-electron chi connectivity index (χ2n) is 5.90. The zero-order valence-corrected chi connectivity index (χ0v) is 14.6. The van der Waals surface area contributed by atoms with Crippen molar-refractivity contribution in [2.45, 2.75) is 6.36 Å². The van der Waals surface area contributed by atoms with Gasteiger partial charge in [0.2, 0.25) is 0 Å². The lowest BCUT2D eigenvalue weighted by Crippen LogP contribution is -2.16. The van der Waals surface area contributed by atoms with E-state index in [-0.39, 0.29) is 11.7 Å². The average molecular weight is 383 g/mol. The first-order valence-corrected chi connectivity index (χ1v) is 8.39. The van der Waals surface area contributed by atoms with Crippen LogP contribution in [0.4, 0.5) is 18.9 Å². The van der Waals surface area contributed by atoms with Crippen LogP contribution in [0.1, 0.15) is 21.5 Å². The van der Waals surface area contributed by atoms with E-state index in [1.54, 1.807) is 54.6 Å². The fourth-order valence-corrected chi connectivity index (χ4v) is 2.49. The van der Waals surface area contributed by atoms with Gasteiger partial charge in [-0.25, -0.2) is 0 Å². The number of benzene rings is 3. The van der Waals surface area contributed by atoms with Gasteiger partial charge in [-0.3, -0.25) is 4.79 Å². The molecule has 1 N–H and O–H groups in total. The maximum absolute atomic E-state index is 12.2. The minimum Gasteiger partial charge on any atom is -0.406 e. The highest BCUT2D eigenvalue weighted by Crippen LogP contribution is 2.23. The van der Waals surface area contributed by atoms with E-state index in [9.17, 15) is 18.0 Å². The van der Waals surface area contributed by atoms with E-state index in [0.717, 1.165) is 5.56 Å². The number of alkyl halides is 3. The standard InChI is InChI=1S/C22H16F3NO2/c23-22(24,25)28-20-13-11-16(12-14-20)9-10-17-5-4-8-19(15-17)26-21(27)18-6-2-1-3-7-18/h1-15H,(H,26,27)/b10-9+. The van der Waals surface area contributed by atoms with Crippen molar-refractivity contribution in [1.29, 1.82) is 0 Å². The molecule has 0 heterocycles. The van der Waals surface area contributed by atoms with Crippen molar-refractivity contribution in [3.63, 3.8) is 0 Å². The van der Waals surface area contributed by atoms with Crippen LogP contribution < -0.4 is 10.1 Å². The fourth-order valence-electron chi connectivity index (χ4n) is 2.49. The Morgan fingerprint density at radius 1 is 0.821 bits per heavy atom. The predicted octanol–water partition coefficient (Wildman–Crippen LogP) is 6.01. The first-order chi connectivity index (χ1) is 13.4. The first kappa shape index (κ1) is 19.2. The molecule has 0 aliphatic rings. The third-order valence-electron chi connectivity index (χ3n) is 3.76. The lowest BCUT2D eigenvalue weighted by molar-refractivity contribution is -0.274. The van der Waals surface area contributed by atoms with E-state index < -0.39 is 6.36 Å². The molecule has 0 spiro atoms. The van der Waals surface area contributed by atoms with Crippen LogP contribution >= 0.6 is 0 Å². The Kier molecular flexibility index (Phi) is 5.79. The van der Waals surface area contributed by atoms with Crippen LogP contribution in [-0.4, -0.2) is 12.3 Å². The number of hydrogen-bond donors (Lipinski definition) is 1. The lowest BCUT2D eigenvalue weighted by atomic mass is 10.1. The molecule has 0 aliphatic carbocycles. The highest BCUT2D eigenvalue weighted by atomic mass is 19.4. The van der Waals surface area contributed by atoms with Crippen LogP contribution in [-0.2, 0) is 0 Å². The van der Waals surface area contributed by atoms with Gasteiger partial charge in [-0.05, 0) is 47.5 Å². The van der Waals surface area contributed by atoms with Crippen LogP contribution in [0.3, 0.4) is 0 Å². The van der Waals surface area contributed by atoms with E-state index in [0.29, 0.717) is 16.8 Å². The van der Waals surface area contributed by atoms with Crippen LogP contribution in [0, 0.1) is 0 Å². The minimum absolute atomic E-state index is 0.206. The van der Waals surface area contributed by atoms with Crippen LogP contribution in [0.15, 0.2) is 78.9 Å². The quantitative estimate of drug-likeness (QED) is 0.548. The molecular formula is C22H16F3NO2. The number of rotatable bonds is 5. The van der Waals surface area contributed by atoms with Gasteiger partial charge >= 0.3 is 6.36 Å². The van der Waals surface area contributed by atoms with Crippen LogP contribution in [0.2, 0.25) is 0 Å². The Morgan fingerprint density at radius 2 is 1.50 bits per heavy atom. The molecule has 0 saturated heterocycles. The second-order valence-corrected chi connectivity index (χ2v) is 5.90. The van der Waals surface area contributed by atoms with Crippen molar-refractivity contribution < 1.29 is 22.7 Å². The molecule has 0 radical (unpaired) electrons. The summed E-state index contributed by atoms with van der Waals surface area (Å²) in [7, 11) is 0. The molecule has 0 atom stereocenters. The molecule has 6 heteroatoms. The number of anilines is 1. The summed E-state index contributed by atoms with van der Waals surface area (Å²) >= 11 is 0. The summed E-state index contributed by atoms with van der Waals surface area (Å²) in [4.78, 5) is 12.2. The van der Waals surface area contributed by atoms with Gasteiger partial charge in [-0.1, -0.05) is 54.6 Å². The summed E-state index contributed by atoms with van der Waals surface area (Å²) in [6.07, 6.45) is -1.14. The van der Waals surface area contributed by atoms with E-state index >= 15 is 0 Å². The van der Waals surface area contributed by atoms with Crippen LogP contribution in [0.25, 0.3) is 12.2 Å². The maximum atomic E-state index is 12.2. The number of carbonyl (C=O) groups excluding carboxylic acids is 1. The molecule has 142 valence electrons. The molecule has 0 saturated carbocycles. The highest BCUT2D eigenvalue weighted by molar-refractivity contribution is 6.04. The predicted molar refractivity (Wildman–Crippen MR) is 103 cm³/mol. The molecule has 3 nitrogen and oxygen atoms in total. The number of carbonyl (C=O) groups is 1. The van der Waals surface area contributed by atoms with Crippen molar-refractivity contribution in [3.05, 3.63) is 95.6 Å². The normalized spacial score (nSPS) is 11.4. The maximum Gasteiger partial charge on any atom is 0.573 e. The number of amides is 1. The van der Waals surface area contributed by atoms with E-state index in [1.165, 1.54) is 24.3 Å². The summed E-state index contributed by atoms with van der Waals surface area (Å²) in [6.45, 7) is 0. The van der Waals surface area contributed by atoms with Gasteiger partial charge in [-0.15, -0.1) is 13.2 Å². The molecule has 1 amide bonds. The Morgan fingerprint density at radius 3 is 2.18 bits per heavy atom. The van der Waals surface area contributed by atoms with Crippen LogP contribution in [0.5, 0.6) is 5.75 Å². The van der Waals surface area contributed by atoms with E-state index in [1.807, 2.05) is 12.1 Å². The van der Waals surface area contributed by atoms with Crippen molar-refractivity contribution in [2.75, 3.05) is 5.32 Å². The molecule has 0 bridgehead atoms. The third kappa shape index (κ3) is 5.74. The van der Waals surface area contributed by atoms with E-state index in [4.69, 9.17) is 0 Å². The highest BCUT2D eigenvalue weighted by Gasteiger charge is 2.30. The Hall–Kier alpha value is -3.54. The zero-order chi connectivity index (χ0) is 20.0. The Labute approximate surface area is 160 Å². The second kappa shape index (κ2) is 8.43. The smallest absolute Gasteiger partial charge is 0.406 e. The van der Waals surface area contributed by atoms with Crippen molar-refractivity contribution >= 4 is 23.7 Å². The van der Waals surface area contributed by atoms with Gasteiger partial charge in [0.1, 0.15) is 5.75 Å². The van der Waals surface area contributed by atoms with Crippen molar-refractivity contribution in [1.82, 2.24) is 0 Å². The summed E-state index contributed by atoms with van der Waals surface area (Å²) in [5, 5.41) is 2.83.